The molecule has 0 spiro atoms. The molecule has 0 radical (unpaired) electrons. The molecule has 1 aliphatic carbocycles. The zero-order valence-electron chi connectivity index (χ0n) is 7.86. The summed E-state index contributed by atoms with van der Waals surface area (Å²) >= 11 is 1.38. The molecule has 0 amide bonds. The van der Waals surface area contributed by atoms with Crippen molar-refractivity contribution in [2.45, 2.75) is 31.4 Å². The van der Waals surface area contributed by atoms with Crippen molar-refractivity contribution in [3.05, 3.63) is 0 Å². The Hall–Kier alpha value is -0.220. The van der Waals surface area contributed by atoms with Gasteiger partial charge in [0.05, 0.1) is 12.5 Å². The lowest BCUT2D eigenvalue weighted by Gasteiger charge is -2.09. The highest BCUT2D eigenvalue weighted by Gasteiger charge is 2.21. The molecule has 1 rings (SSSR count). The molecule has 0 heterocycles. The van der Waals surface area contributed by atoms with E-state index < -0.39 is 5.97 Å². The smallest absolute Gasteiger partial charge is 0.316 e. The van der Waals surface area contributed by atoms with E-state index in [1.54, 1.807) is 0 Å². The van der Waals surface area contributed by atoms with E-state index in [1.807, 2.05) is 6.92 Å². The Morgan fingerprint density at radius 1 is 1.69 bits per heavy atom. The average Bonchev–Trinajstić information content (AvgIpc) is 2.87. The summed E-state index contributed by atoms with van der Waals surface area (Å²) in [5, 5.41) is 8.41. The summed E-state index contributed by atoms with van der Waals surface area (Å²) in [4.78, 5) is 10.6. The Bertz CT molecular complexity index is 168. The molecule has 76 valence electrons. The maximum absolute atomic E-state index is 10.6. The first-order valence-corrected chi connectivity index (χ1v) is 5.71. The first kappa shape index (κ1) is 10.9. The number of carboxylic acids is 1. The highest BCUT2D eigenvalue weighted by Crippen LogP contribution is 2.29. The first-order valence-electron chi connectivity index (χ1n) is 4.66. The molecule has 13 heavy (non-hydrogen) atoms. The summed E-state index contributed by atoms with van der Waals surface area (Å²) < 4.78 is 5.34. The molecule has 1 aliphatic rings. The van der Waals surface area contributed by atoms with Crippen LogP contribution in [-0.2, 0) is 9.53 Å². The predicted octanol–water partition coefficient (Wildman–Crippen LogP) is 1.97. The summed E-state index contributed by atoms with van der Waals surface area (Å²) in [5.41, 5.74) is 0. The van der Waals surface area contributed by atoms with E-state index in [0.29, 0.717) is 12.4 Å². The molecule has 0 bridgehead atoms. The number of hydrogen-bond donors (Lipinski definition) is 1. The summed E-state index contributed by atoms with van der Waals surface area (Å²) in [6, 6.07) is 0. The fraction of sp³-hybridized carbons (Fsp3) is 0.889. The number of ether oxygens (including phenoxy) is 1. The third-order valence-electron chi connectivity index (χ3n) is 2.05. The third kappa shape index (κ3) is 4.52. The fourth-order valence-corrected chi connectivity index (χ4v) is 1.73. The second-order valence-electron chi connectivity index (χ2n) is 3.33. The lowest BCUT2D eigenvalue weighted by molar-refractivity contribution is -0.136. The molecule has 4 heteroatoms. The van der Waals surface area contributed by atoms with Crippen molar-refractivity contribution in [2.75, 3.05) is 12.5 Å². The molecule has 1 N–H and O–H groups in total. The maximum atomic E-state index is 10.6. The maximum Gasteiger partial charge on any atom is 0.316 e. The molecule has 0 saturated heterocycles. The van der Waals surface area contributed by atoms with Crippen LogP contribution in [-0.4, -0.2) is 28.9 Å². The second-order valence-corrected chi connectivity index (χ2v) is 4.47. The molecule has 1 saturated carbocycles. The Morgan fingerprint density at radius 3 is 2.85 bits per heavy atom. The van der Waals surface area contributed by atoms with Crippen molar-refractivity contribution < 1.29 is 14.6 Å². The third-order valence-corrected chi connectivity index (χ3v) is 3.29. The summed E-state index contributed by atoms with van der Waals surface area (Å²) in [6.45, 7) is 2.69. The number of thioether (sulfide) groups is 1. The lowest BCUT2D eigenvalue weighted by Crippen LogP contribution is -2.16. The van der Waals surface area contributed by atoms with E-state index in [4.69, 9.17) is 9.84 Å². The van der Waals surface area contributed by atoms with Gasteiger partial charge in [0.15, 0.2) is 0 Å². The van der Waals surface area contributed by atoms with Crippen LogP contribution in [0.3, 0.4) is 0 Å². The van der Waals surface area contributed by atoms with Gasteiger partial charge < -0.3 is 9.84 Å². The van der Waals surface area contributed by atoms with Gasteiger partial charge in [0.2, 0.25) is 0 Å². The van der Waals surface area contributed by atoms with Gasteiger partial charge in [-0.15, -0.1) is 11.8 Å². The molecule has 1 atom stereocenters. The standard InChI is InChI=1S/C9H16O3S/c1-2-8(9(10)11)13-6-12-5-7-3-4-7/h7-8H,2-6H2,1H3,(H,10,11). The Kier molecular flexibility index (Phi) is 4.59. The van der Waals surface area contributed by atoms with Gasteiger partial charge in [0, 0.05) is 0 Å². The number of hydrogen-bond acceptors (Lipinski definition) is 3. The van der Waals surface area contributed by atoms with Gasteiger partial charge in [-0.2, -0.15) is 0 Å². The van der Waals surface area contributed by atoms with Crippen LogP contribution >= 0.6 is 11.8 Å². The first-order chi connectivity index (χ1) is 6.24. The molecule has 1 fully saturated rings. The van der Waals surface area contributed by atoms with E-state index in [1.165, 1.54) is 24.6 Å². The molecule has 0 aliphatic heterocycles. The average molecular weight is 204 g/mol. The highest BCUT2D eigenvalue weighted by atomic mass is 32.2. The summed E-state index contributed by atoms with van der Waals surface area (Å²) in [6.07, 6.45) is 3.22. The number of carbonyl (C=O) groups is 1. The van der Waals surface area contributed by atoms with Crippen molar-refractivity contribution >= 4 is 17.7 Å². The second kappa shape index (κ2) is 5.50. The summed E-state index contributed by atoms with van der Waals surface area (Å²) in [5.74, 6) is 0.537. The molecule has 0 aromatic rings. The van der Waals surface area contributed by atoms with Crippen LogP contribution in [0.25, 0.3) is 0 Å². The highest BCUT2D eigenvalue weighted by molar-refractivity contribution is 8.00. The molecule has 0 aromatic heterocycles. The Labute approximate surface area is 82.8 Å². The van der Waals surface area contributed by atoms with Crippen molar-refractivity contribution in [3.8, 4) is 0 Å². The number of rotatable bonds is 7. The normalized spacial score (nSPS) is 18.5. The van der Waals surface area contributed by atoms with E-state index in [9.17, 15) is 4.79 Å². The van der Waals surface area contributed by atoms with Crippen LogP contribution in [0.2, 0.25) is 0 Å². The molecule has 1 unspecified atom stereocenters. The van der Waals surface area contributed by atoms with Gasteiger partial charge in [-0.05, 0) is 25.2 Å². The van der Waals surface area contributed by atoms with Crippen molar-refractivity contribution in [2.24, 2.45) is 5.92 Å². The SMILES string of the molecule is CCC(SCOCC1CC1)C(=O)O. The summed E-state index contributed by atoms with van der Waals surface area (Å²) in [7, 11) is 0. The van der Waals surface area contributed by atoms with Crippen LogP contribution in [0.5, 0.6) is 0 Å². The molecular formula is C9H16O3S. The van der Waals surface area contributed by atoms with Gasteiger partial charge >= 0.3 is 5.97 Å². The van der Waals surface area contributed by atoms with Crippen LogP contribution < -0.4 is 0 Å². The minimum Gasteiger partial charge on any atom is -0.480 e. The lowest BCUT2D eigenvalue weighted by atomic mass is 10.3. The predicted molar refractivity (Wildman–Crippen MR) is 52.8 cm³/mol. The minimum atomic E-state index is -0.734. The van der Waals surface area contributed by atoms with Crippen molar-refractivity contribution in [1.29, 1.82) is 0 Å². The quantitative estimate of drug-likeness (QED) is 0.508. The molecule has 0 aromatic carbocycles. The van der Waals surface area contributed by atoms with Crippen LogP contribution in [0.1, 0.15) is 26.2 Å². The van der Waals surface area contributed by atoms with Gasteiger partial charge in [-0.3, -0.25) is 4.79 Å². The van der Waals surface area contributed by atoms with Crippen LogP contribution in [0.4, 0.5) is 0 Å². The van der Waals surface area contributed by atoms with Crippen LogP contribution in [0.15, 0.2) is 0 Å². The topological polar surface area (TPSA) is 46.5 Å². The monoisotopic (exact) mass is 204 g/mol. The van der Waals surface area contributed by atoms with Gasteiger partial charge in [-0.1, -0.05) is 6.92 Å². The Morgan fingerprint density at radius 2 is 2.38 bits per heavy atom. The van der Waals surface area contributed by atoms with Gasteiger partial charge in [-0.25, -0.2) is 0 Å². The van der Waals surface area contributed by atoms with Crippen LogP contribution in [0, 0.1) is 5.92 Å². The molecule has 3 nitrogen and oxygen atoms in total. The fourth-order valence-electron chi connectivity index (χ4n) is 0.993. The Balaban J connectivity index is 1.98. The van der Waals surface area contributed by atoms with E-state index in [-0.39, 0.29) is 5.25 Å². The zero-order valence-corrected chi connectivity index (χ0v) is 8.68. The van der Waals surface area contributed by atoms with Gasteiger partial charge in [0.25, 0.3) is 0 Å². The minimum absolute atomic E-state index is 0.306. The van der Waals surface area contributed by atoms with Crippen molar-refractivity contribution in [3.63, 3.8) is 0 Å². The molecular weight excluding hydrogens is 188 g/mol. The number of aliphatic carboxylic acids is 1. The zero-order chi connectivity index (χ0) is 9.68. The van der Waals surface area contributed by atoms with E-state index in [2.05, 4.69) is 0 Å². The van der Waals surface area contributed by atoms with Crippen molar-refractivity contribution in [1.82, 2.24) is 0 Å². The largest absolute Gasteiger partial charge is 0.480 e. The van der Waals surface area contributed by atoms with E-state index >= 15 is 0 Å². The van der Waals surface area contributed by atoms with Gasteiger partial charge in [0.1, 0.15) is 5.25 Å². The number of carboxylic acid groups (broad SMARTS) is 1. The van der Waals surface area contributed by atoms with E-state index in [0.717, 1.165) is 12.5 Å².